The van der Waals surface area contributed by atoms with E-state index in [-0.39, 0.29) is 16.9 Å². The zero-order valence-corrected chi connectivity index (χ0v) is 21.6. The first kappa shape index (κ1) is 24.6. The summed E-state index contributed by atoms with van der Waals surface area (Å²) in [4.78, 5) is 36.4. The normalized spacial score (nSPS) is 11.8. The number of hydrogen-bond donors (Lipinski definition) is 2. The number of aromatic nitrogens is 7. The topological polar surface area (TPSA) is 138 Å². The van der Waals surface area contributed by atoms with Gasteiger partial charge in [0.25, 0.3) is 11.5 Å². The Kier molecular flexibility index (Phi) is 6.05. The zero-order valence-electron chi connectivity index (χ0n) is 21.6. The number of fused-ring (bicyclic) bond motifs is 2. The van der Waals surface area contributed by atoms with Gasteiger partial charge in [-0.1, -0.05) is 36.1 Å². The number of nitrogens with zero attached hydrogens (tertiary/aromatic N) is 7. The van der Waals surface area contributed by atoms with Crippen LogP contribution in [-0.2, 0) is 7.05 Å². The lowest BCUT2D eigenvalue weighted by Crippen LogP contribution is -2.33. The zero-order chi connectivity index (χ0) is 27.8. The van der Waals surface area contributed by atoms with E-state index in [1.807, 2.05) is 37.4 Å². The molecule has 1 atom stereocenters. The first-order chi connectivity index (χ1) is 19.4. The van der Waals surface area contributed by atoms with Crippen molar-refractivity contribution in [1.82, 2.24) is 39.2 Å². The Morgan fingerprint density at radius 1 is 1.07 bits per heavy atom. The molecule has 2 aromatic carbocycles. The molecule has 4 heterocycles. The number of carbonyl (C=O) groups is 1. The second-order valence-electron chi connectivity index (χ2n) is 9.16. The SMILES string of the molecule is C[C@H](NC(=O)c1c(N)nn2ccncc12)c1nc2cccc(C#Cc3cnn(C)c3)c2c(=O)n1-c1ccccc1. The third kappa shape index (κ3) is 4.33. The number of nitrogens with two attached hydrogens (primary N) is 1. The van der Waals surface area contributed by atoms with Gasteiger partial charge in [-0.3, -0.25) is 23.8 Å². The molecule has 4 aromatic heterocycles. The van der Waals surface area contributed by atoms with Crippen molar-refractivity contribution in [2.24, 2.45) is 7.05 Å². The third-order valence-electron chi connectivity index (χ3n) is 6.41. The highest BCUT2D eigenvalue weighted by Crippen LogP contribution is 2.22. The molecular formula is C29H23N9O2. The van der Waals surface area contributed by atoms with E-state index < -0.39 is 11.9 Å². The van der Waals surface area contributed by atoms with Crippen molar-refractivity contribution in [1.29, 1.82) is 0 Å². The Hall–Kier alpha value is -5.76. The second-order valence-corrected chi connectivity index (χ2v) is 9.16. The quantitative estimate of drug-likeness (QED) is 0.335. The van der Waals surface area contributed by atoms with Crippen LogP contribution in [-0.4, -0.2) is 39.8 Å². The lowest BCUT2D eigenvalue weighted by molar-refractivity contribution is 0.0940. The van der Waals surface area contributed by atoms with Crippen molar-refractivity contribution in [3.8, 4) is 17.5 Å². The molecule has 0 saturated carbocycles. The molecule has 0 aliphatic heterocycles. The van der Waals surface area contributed by atoms with Crippen molar-refractivity contribution in [2.75, 3.05) is 5.73 Å². The second kappa shape index (κ2) is 9.85. The summed E-state index contributed by atoms with van der Waals surface area (Å²) in [6.45, 7) is 1.76. The predicted octanol–water partition coefficient (Wildman–Crippen LogP) is 2.63. The summed E-state index contributed by atoms with van der Waals surface area (Å²) in [6, 6.07) is 13.8. The number of benzene rings is 2. The van der Waals surface area contributed by atoms with Gasteiger partial charge in [0.05, 0.1) is 46.1 Å². The van der Waals surface area contributed by atoms with Gasteiger partial charge < -0.3 is 11.1 Å². The van der Waals surface area contributed by atoms with E-state index in [0.29, 0.717) is 33.5 Å². The van der Waals surface area contributed by atoms with Gasteiger partial charge in [-0.25, -0.2) is 9.50 Å². The number of carbonyl (C=O) groups excluding carboxylic acids is 1. The van der Waals surface area contributed by atoms with Gasteiger partial charge in [-0.05, 0) is 31.2 Å². The van der Waals surface area contributed by atoms with Crippen LogP contribution in [0.4, 0.5) is 5.82 Å². The molecule has 11 nitrogen and oxygen atoms in total. The molecule has 40 heavy (non-hydrogen) atoms. The van der Waals surface area contributed by atoms with Crippen molar-refractivity contribution < 1.29 is 4.79 Å². The molecule has 6 rings (SSSR count). The summed E-state index contributed by atoms with van der Waals surface area (Å²) < 4.78 is 4.66. The number of aryl methyl sites for hydroxylation is 1. The summed E-state index contributed by atoms with van der Waals surface area (Å²) >= 11 is 0. The fraction of sp³-hybridized carbons (Fsp3) is 0.103. The molecule has 0 radical (unpaired) electrons. The van der Waals surface area contributed by atoms with E-state index in [0.717, 1.165) is 5.56 Å². The summed E-state index contributed by atoms with van der Waals surface area (Å²) in [7, 11) is 1.81. The summed E-state index contributed by atoms with van der Waals surface area (Å²) in [5.74, 6) is 6.13. The van der Waals surface area contributed by atoms with Crippen LogP contribution in [0.5, 0.6) is 0 Å². The van der Waals surface area contributed by atoms with Crippen LogP contribution in [0.3, 0.4) is 0 Å². The molecule has 0 fully saturated rings. The van der Waals surface area contributed by atoms with Crippen molar-refractivity contribution in [2.45, 2.75) is 13.0 Å². The molecule has 1 amide bonds. The Morgan fingerprint density at radius 2 is 1.90 bits per heavy atom. The third-order valence-corrected chi connectivity index (χ3v) is 6.41. The maximum Gasteiger partial charge on any atom is 0.267 e. The fourth-order valence-corrected chi connectivity index (χ4v) is 4.58. The van der Waals surface area contributed by atoms with E-state index in [1.54, 1.807) is 54.6 Å². The standard InChI is InChI=1S/C29H23N9O2/c1-18(33-28(39)25-23-16-31-13-14-37(23)35-26(25)30)27-34-22-10-6-7-20(12-11-19-15-32-36(2)17-19)24(22)29(40)38(27)21-8-4-3-5-9-21/h3-10,13-18H,1-2H3,(H2,30,35)(H,33,39)/t18-/m0/s1. The summed E-state index contributed by atoms with van der Waals surface area (Å²) in [6.07, 6.45) is 8.14. The molecule has 11 heteroatoms. The largest absolute Gasteiger partial charge is 0.382 e. The highest BCUT2D eigenvalue weighted by molar-refractivity contribution is 6.05. The monoisotopic (exact) mass is 529 g/mol. The molecule has 0 spiro atoms. The van der Waals surface area contributed by atoms with E-state index in [9.17, 15) is 9.59 Å². The van der Waals surface area contributed by atoms with Crippen LogP contribution in [0.15, 0.2) is 84.3 Å². The maximum atomic E-state index is 14.1. The van der Waals surface area contributed by atoms with Gasteiger partial charge in [-0.15, -0.1) is 5.10 Å². The molecule has 6 aromatic rings. The number of nitrogen functional groups attached to an aromatic ring is 1. The van der Waals surface area contributed by atoms with Gasteiger partial charge in [0.15, 0.2) is 5.82 Å². The first-order valence-electron chi connectivity index (χ1n) is 12.4. The number of hydrogen-bond acceptors (Lipinski definition) is 7. The van der Waals surface area contributed by atoms with Crippen LogP contribution in [0.2, 0.25) is 0 Å². The van der Waals surface area contributed by atoms with Crippen LogP contribution in [0.25, 0.3) is 22.1 Å². The Bertz CT molecular complexity index is 2030. The van der Waals surface area contributed by atoms with Crippen molar-refractivity contribution in [3.05, 3.63) is 112 Å². The molecular weight excluding hydrogens is 506 g/mol. The Morgan fingerprint density at radius 3 is 2.67 bits per heavy atom. The fourth-order valence-electron chi connectivity index (χ4n) is 4.58. The molecule has 196 valence electrons. The average Bonchev–Trinajstić information content (AvgIpc) is 3.53. The number of anilines is 1. The van der Waals surface area contributed by atoms with E-state index in [1.165, 1.54) is 15.3 Å². The Labute approximate surface area is 227 Å². The molecule has 0 bridgehead atoms. The highest BCUT2D eigenvalue weighted by atomic mass is 16.2. The van der Waals surface area contributed by atoms with Gasteiger partial charge in [0.2, 0.25) is 0 Å². The van der Waals surface area contributed by atoms with Crippen LogP contribution >= 0.6 is 0 Å². The lowest BCUT2D eigenvalue weighted by atomic mass is 10.1. The number of rotatable bonds is 4. The van der Waals surface area contributed by atoms with Crippen LogP contribution in [0, 0.1) is 11.8 Å². The van der Waals surface area contributed by atoms with Crippen molar-refractivity contribution in [3.63, 3.8) is 0 Å². The van der Waals surface area contributed by atoms with E-state index in [2.05, 4.69) is 32.3 Å². The smallest absolute Gasteiger partial charge is 0.267 e. The van der Waals surface area contributed by atoms with Crippen molar-refractivity contribution >= 4 is 28.1 Å². The minimum absolute atomic E-state index is 0.0708. The number of para-hydroxylation sites is 1. The summed E-state index contributed by atoms with van der Waals surface area (Å²) in [5, 5.41) is 11.6. The minimum atomic E-state index is -0.680. The van der Waals surface area contributed by atoms with Gasteiger partial charge >= 0.3 is 0 Å². The van der Waals surface area contributed by atoms with E-state index in [4.69, 9.17) is 10.7 Å². The number of nitrogens with one attached hydrogen (secondary N) is 1. The summed E-state index contributed by atoms with van der Waals surface area (Å²) in [5.41, 5.74) is 8.76. The lowest BCUT2D eigenvalue weighted by Gasteiger charge is -2.20. The average molecular weight is 530 g/mol. The maximum absolute atomic E-state index is 14.1. The van der Waals surface area contributed by atoms with Crippen LogP contribution < -0.4 is 16.6 Å². The molecule has 0 aliphatic carbocycles. The number of amides is 1. The van der Waals surface area contributed by atoms with E-state index >= 15 is 0 Å². The van der Waals surface area contributed by atoms with Crippen LogP contribution in [0.1, 0.15) is 40.3 Å². The molecule has 0 unspecified atom stereocenters. The molecule has 0 aliphatic rings. The van der Waals surface area contributed by atoms with Gasteiger partial charge in [0.1, 0.15) is 11.4 Å². The minimum Gasteiger partial charge on any atom is -0.382 e. The predicted molar refractivity (Wildman–Crippen MR) is 150 cm³/mol. The first-order valence-corrected chi connectivity index (χ1v) is 12.4. The molecule has 0 saturated heterocycles. The van der Waals surface area contributed by atoms with Gasteiger partial charge in [-0.2, -0.15) is 5.10 Å². The van der Waals surface area contributed by atoms with Gasteiger partial charge in [0, 0.05) is 31.2 Å². The highest BCUT2D eigenvalue weighted by Gasteiger charge is 2.24. The Balaban J connectivity index is 1.48. The molecule has 3 N–H and O–H groups in total.